The number of nitrogens with zero attached hydrogens (tertiary/aromatic N) is 3. The number of amides is 4. The fourth-order valence-electron chi connectivity index (χ4n) is 7.06. The van der Waals surface area contributed by atoms with Crippen LogP contribution in [-0.4, -0.2) is 105 Å². The third kappa shape index (κ3) is 6.95. The number of carbonyl (C=O) groups is 4. The lowest BCUT2D eigenvalue weighted by atomic mass is 9.89. The number of benzene rings is 3. The molecule has 0 aromatic heterocycles. The number of fused-ring (bicyclic) bond motifs is 1. The van der Waals surface area contributed by atoms with Crippen molar-refractivity contribution in [3.8, 4) is 11.5 Å². The van der Waals surface area contributed by atoms with E-state index in [0.29, 0.717) is 53.8 Å². The van der Waals surface area contributed by atoms with E-state index in [2.05, 4.69) is 33.0 Å². The van der Waals surface area contributed by atoms with E-state index < -0.39 is 46.0 Å². The highest BCUT2D eigenvalue weighted by Crippen LogP contribution is 2.40. The molecule has 270 valence electrons. The van der Waals surface area contributed by atoms with E-state index in [9.17, 15) is 32.7 Å². The van der Waals surface area contributed by atoms with Crippen LogP contribution in [0.15, 0.2) is 42.5 Å². The number of carbonyl (C=O) groups excluding carboxylic acids is 4. The predicted octanol–water partition coefficient (Wildman–Crippen LogP) is 1.59. The molecule has 4 saturated heterocycles. The number of nitrogens with one attached hydrogen (secondary N) is 4. The van der Waals surface area contributed by atoms with Crippen LogP contribution in [0.1, 0.15) is 37.2 Å². The van der Waals surface area contributed by atoms with Gasteiger partial charge in [-0.25, -0.2) is 13.4 Å². The number of aromatic hydroxyl groups is 1. The Balaban J connectivity index is 0.900. The molecule has 1 atom stereocenters. The maximum atomic E-state index is 15.6. The fraction of sp³-hybridized carbons (Fsp3) is 0.412. The molecule has 4 aliphatic heterocycles. The molecular formula is C34H38FN7O8S. The van der Waals surface area contributed by atoms with Crippen LogP contribution in [0, 0.1) is 5.82 Å². The van der Waals surface area contributed by atoms with Gasteiger partial charge in [-0.2, -0.15) is 8.42 Å². The summed E-state index contributed by atoms with van der Waals surface area (Å²) < 4.78 is 48.4. The summed E-state index contributed by atoms with van der Waals surface area (Å²) >= 11 is 0. The molecule has 15 nitrogen and oxygen atoms in total. The van der Waals surface area contributed by atoms with E-state index in [1.807, 2.05) is 13.1 Å². The first-order valence-electron chi connectivity index (χ1n) is 16.8. The Hall–Kier alpha value is -5.16. The molecule has 4 aliphatic rings. The van der Waals surface area contributed by atoms with E-state index in [0.717, 1.165) is 37.3 Å². The lowest BCUT2D eigenvalue weighted by Gasteiger charge is -2.40. The quantitative estimate of drug-likeness (QED) is 0.202. The van der Waals surface area contributed by atoms with Crippen LogP contribution >= 0.6 is 0 Å². The summed E-state index contributed by atoms with van der Waals surface area (Å²) in [5.74, 6) is -2.41. The number of halogens is 1. The second kappa shape index (κ2) is 13.5. The van der Waals surface area contributed by atoms with Crippen molar-refractivity contribution in [2.75, 3.05) is 61.3 Å². The number of imide groups is 1. The highest BCUT2D eigenvalue weighted by Gasteiger charge is 2.38. The predicted molar refractivity (Wildman–Crippen MR) is 185 cm³/mol. The summed E-state index contributed by atoms with van der Waals surface area (Å²) in [7, 11) is -2.51. The zero-order valence-corrected chi connectivity index (χ0v) is 28.6. The van der Waals surface area contributed by atoms with Gasteiger partial charge < -0.3 is 25.4 Å². The van der Waals surface area contributed by atoms with Crippen molar-refractivity contribution in [3.05, 3.63) is 53.8 Å². The molecule has 3 aromatic carbocycles. The number of phenolic OH excluding ortho intramolecular Hbond substituents is 1. The average molecular weight is 724 g/mol. The molecule has 51 heavy (non-hydrogen) atoms. The van der Waals surface area contributed by atoms with Gasteiger partial charge in [0, 0.05) is 18.9 Å². The van der Waals surface area contributed by atoms with Gasteiger partial charge in [0.15, 0.2) is 5.82 Å². The molecule has 0 radical (unpaired) electrons. The largest absolute Gasteiger partial charge is 0.506 e. The summed E-state index contributed by atoms with van der Waals surface area (Å²) in [5.41, 5.74) is 2.22. The van der Waals surface area contributed by atoms with Gasteiger partial charge in [-0.15, -0.1) is 0 Å². The van der Waals surface area contributed by atoms with E-state index >= 15 is 4.39 Å². The highest BCUT2D eigenvalue weighted by molar-refractivity contribution is 7.92. The van der Waals surface area contributed by atoms with Crippen LogP contribution in [-0.2, 0) is 29.4 Å². The van der Waals surface area contributed by atoms with Gasteiger partial charge in [0.05, 0.1) is 31.0 Å². The van der Waals surface area contributed by atoms with Gasteiger partial charge in [0.2, 0.25) is 17.7 Å². The van der Waals surface area contributed by atoms with Crippen LogP contribution in [0.25, 0.3) is 10.8 Å². The second-order valence-corrected chi connectivity index (χ2v) is 14.9. The van der Waals surface area contributed by atoms with Gasteiger partial charge in [-0.05, 0) is 79.6 Å². The van der Waals surface area contributed by atoms with Crippen LogP contribution < -0.4 is 29.7 Å². The third-order valence-corrected chi connectivity index (χ3v) is 11.3. The van der Waals surface area contributed by atoms with Gasteiger partial charge in [0.1, 0.15) is 35.9 Å². The van der Waals surface area contributed by atoms with Crippen molar-refractivity contribution >= 4 is 61.7 Å². The summed E-state index contributed by atoms with van der Waals surface area (Å²) in [6, 6.07) is 11.4. The molecule has 0 bridgehead atoms. The number of hydrogen-bond acceptors (Lipinski definition) is 11. The third-order valence-electron chi connectivity index (χ3n) is 9.88. The number of likely N-dealkylation sites (tertiary alicyclic amines) is 2. The molecule has 5 N–H and O–H groups in total. The van der Waals surface area contributed by atoms with Crippen molar-refractivity contribution in [1.82, 2.24) is 19.8 Å². The first-order valence-corrected chi connectivity index (χ1v) is 18.2. The summed E-state index contributed by atoms with van der Waals surface area (Å²) in [6.07, 6.45) is 2.20. The first-order chi connectivity index (χ1) is 24.4. The highest BCUT2D eigenvalue weighted by atomic mass is 32.2. The second-order valence-electron chi connectivity index (χ2n) is 13.3. The molecule has 0 saturated carbocycles. The standard InChI is InChI=1S/C34H38FN7O8S/c1-36-27-12-20(3-5-25(27)37-26-6-7-29(44)38-34(26)47)19-8-10-40(11-9-19)18-31(46)41-15-23(16-41)50-22-4-2-21-13-28(43)33(32(35)24(21)14-22)42-17-30(45)39-51(42,48)49/h2-5,12-14,19,23,26,36-37,43H,6-11,15-18H2,1H3,(H,39,45)(H,38,44,47). The number of rotatable bonds is 9. The molecule has 17 heteroatoms. The normalized spacial score (nSPS) is 21.3. The van der Waals surface area contributed by atoms with Crippen molar-refractivity contribution in [2.24, 2.45) is 0 Å². The molecule has 3 aromatic rings. The maximum absolute atomic E-state index is 15.6. The smallest absolute Gasteiger partial charge is 0.326 e. The van der Waals surface area contributed by atoms with Gasteiger partial charge in [0.25, 0.3) is 5.91 Å². The molecule has 4 amide bonds. The molecule has 0 spiro atoms. The zero-order chi connectivity index (χ0) is 36.0. The van der Waals surface area contributed by atoms with Crippen LogP contribution in [0.2, 0.25) is 0 Å². The Morgan fingerprint density at radius 2 is 1.78 bits per heavy atom. The minimum atomic E-state index is -4.34. The van der Waals surface area contributed by atoms with Crippen LogP contribution in [0.3, 0.4) is 0 Å². The van der Waals surface area contributed by atoms with E-state index in [4.69, 9.17) is 4.74 Å². The minimum absolute atomic E-state index is 0.00528. The first kappa shape index (κ1) is 34.3. The maximum Gasteiger partial charge on any atom is 0.326 e. The number of hydrogen-bond donors (Lipinski definition) is 5. The molecule has 0 aliphatic carbocycles. The number of anilines is 3. The number of phenols is 1. The van der Waals surface area contributed by atoms with E-state index in [1.54, 1.807) is 15.7 Å². The van der Waals surface area contributed by atoms with Crippen LogP contribution in [0.5, 0.6) is 11.5 Å². The van der Waals surface area contributed by atoms with Crippen molar-refractivity contribution in [2.45, 2.75) is 43.7 Å². The Kier molecular flexibility index (Phi) is 9.09. The number of ether oxygens (including phenoxy) is 1. The zero-order valence-electron chi connectivity index (χ0n) is 27.8. The fourth-order valence-corrected chi connectivity index (χ4v) is 8.22. The lowest BCUT2D eigenvalue weighted by Crippen LogP contribution is -2.58. The minimum Gasteiger partial charge on any atom is -0.506 e. The molecule has 4 heterocycles. The Morgan fingerprint density at radius 3 is 2.47 bits per heavy atom. The lowest BCUT2D eigenvalue weighted by molar-refractivity contribution is -0.141. The monoisotopic (exact) mass is 723 g/mol. The molecule has 7 rings (SSSR count). The molecule has 4 fully saturated rings. The van der Waals surface area contributed by atoms with E-state index in [-0.39, 0.29) is 29.2 Å². The SMILES string of the molecule is CNc1cc(C2CCN(CC(=O)N3CC(Oc4ccc5cc(O)c(N6CC(=O)NS6(=O)=O)c(F)c5c4)C3)CC2)ccc1NC1CCC(=O)NC1=O. The van der Waals surface area contributed by atoms with Gasteiger partial charge in [-0.1, -0.05) is 12.1 Å². The van der Waals surface area contributed by atoms with Crippen molar-refractivity contribution in [1.29, 1.82) is 0 Å². The molecule has 1 unspecified atom stereocenters. The van der Waals surface area contributed by atoms with Crippen LogP contribution in [0.4, 0.5) is 21.5 Å². The van der Waals surface area contributed by atoms with E-state index in [1.165, 1.54) is 23.8 Å². The van der Waals surface area contributed by atoms with Gasteiger partial charge in [-0.3, -0.25) is 29.4 Å². The Bertz CT molecular complexity index is 2030. The molecular weight excluding hydrogens is 685 g/mol. The Morgan fingerprint density at radius 1 is 1.02 bits per heavy atom. The van der Waals surface area contributed by atoms with Crippen molar-refractivity contribution < 1.29 is 41.8 Å². The topological polar surface area (TPSA) is 190 Å². The summed E-state index contributed by atoms with van der Waals surface area (Å²) in [6.45, 7) is 1.89. The average Bonchev–Trinajstić information content (AvgIpc) is 3.35. The summed E-state index contributed by atoms with van der Waals surface area (Å²) in [5, 5.41) is 19.6. The van der Waals surface area contributed by atoms with Gasteiger partial charge >= 0.3 is 10.2 Å². The summed E-state index contributed by atoms with van der Waals surface area (Å²) in [4.78, 5) is 52.3. The van der Waals surface area contributed by atoms with Crippen molar-refractivity contribution in [3.63, 3.8) is 0 Å². The number of piperidine rings is 2. The Labute approximate surface area is 293 Å².